The Morgan fingerprint density at radius 1 is 1.26 bits per heavy atom. The molecule has 0 saturated carbocycles. The van der Waals surface area contributed by atoms with Gasteiger partial charge >= 0.3 is 6.18 Å². The first kappa shape index (κ1) is 21.3. The minimum Gasteiger partial charge on any atom is -0.381 e. The molecule has 3 atom stereocenters. The number of anilines is 1. The molecule has 0 bridgehead atoms. The fourth-order valence-corrected chi connectivity index (χ4v) is 4.17. The zero-order valence-electron chi connectivity index (χ0n) is 16.6. The van der Waals surface area contributed by atoms with Gasteiger partial charge in [0.15, 0.2) is 0 Å². The molecule has 31 heavy (non-hydrogen) atoms. The molecule has 164 valence electrons. The zero-order valence-corrected chi connectivity index (χ0v) is 16.6. The number of hydrogen-bond acceptors (Lipinski definition) is 5. The molecule has 2 fully saturated rings. The van der Waals surface area contributed by atoms with Gasteiger partial charge in [-0.1, -0.05) is 6.07 Å². The molecule has 1 aromatic heterocycles. The van der Waals surface area contributed by atoms with Gasteiger partial charge in [0.05, 0.1) is 24.7 Å². The van der Waals surface area contributed by atoms with Crippen LogP contribution in [0.5, 0.6) is 0 Å². The largest absolute Gasteiger partial charge is 0.433 e. The Hall–Kier alpha value is -2.93. The molecule has 4 rings (SSSR count). The summed E-state index contributed by atoms with van der Waals surface area (Å²) in [7, 11) is 0. The number of benzene rings is 1. The van der Waals surface area contributed by atoms with Gasteiger partial charge in [-0.3, -0.25) is 9.69 Å². The molecule has 10 heteroatoms. The van der Waals surface area contributed by atoms with Crippen molar-refractivity contribution in [1.29, 1.82) is 5.26 Å². The van der Waals surface area contributed by atoms with Crippen molar-refractivity contribution in [3.05, 3.63) is 36.0 Å². The third kappa shape index (κ3) is 4.71. The molecule has 2 aromatic rings. The van der Waals surface area contributed by atoms with Crippen LogP contribution >= 0.6 is 0 Å². The number of pyridine rings is 1. The maximum atomic E-state index is 13.6. The lowest BCUT2D eigenvalue weighted by atomic mass is 10.1. The smallest absolute Gasteiger partial charge is 0.381 e. The van der Waals surface area contributed by atoms with Crippen LogP contribution < -0.4 is 5.32 Å². The highest BCUT2D eigenvalue weighted by atomic mass is 19.4. The van der Waals surface area contributed by atoms with E-state index in [9.17, 15) is 22.4 Å². The highest BCUT2D eigenvalue weighted by Gasteiger charge is 2.36. The number of likely N-dealkylation sites (tertiary alicyclic amines) is 2. The number of halogens is 4. The Balaban J connectivity index is 1.35. The molecular formula is C21H21F4N5O. The Kier molecular flexibility index (Phi) is 5.71. The van der Waals surface area contributed by atoms with E-state index in [1.165, 1.54) is 11.0 Å². The van der Waals surface area contributed by atoms with E-state index in [2.05, 4.69) is 10.3 Å². The Labute approximate surface area is 176 Å². The van der Waals surface area contributed by atoms with Crippen molar-refractivity contribution in [3.8, 4) is 6.07 Å². The summed E-state index contributed by atoms with van der Waals surface area (Å²) in [6.45, 7) is 1.37. The van der Waals surface area contributed by atoms with Crippen LogP contribution in [-0.2, 0) is 11.0 Å². The first-order chi connectivity index (χ1) is 14.7. The van der Waals surface area contributed by atoms with Gasteiger partial charge in [-0.2, -0.15) is 18.4 Å². The highest BCUT2D eigenvalue weighted by molar-refractivity contribution is 5.82. The van der Waals surface area contributed by atoms with E-state index < -0.39 is 24.1 Å². The predicted molar refractivity (Wildman–Crippen MR) is 106 cm³/mol. The second-order valence-electron chi connectivity index (χ2n) is 7.99. The molecule has 1 aromatic carbocycles. The molecule has 1 N–H and O–H groups in total. The van der Waals surface area contributed by atoms with Gasteiger partial charge in [-0.15, -0.1) is 0 Å². The Morgan fingerprint density at radius 3 is 2.81 bits per heavy atom. The average Bonchev–Trinajstić information content (AvgIpc) is 3.32. The minimum atomic E-state index is -4.48. The molecule has 1 amide bonds. The van der Waals surface area contributed by atoms with Crippen LogP contribution in [0.2, 0.25) is 0 Å². The predicted octanol–water partition coefficient (Wildman–Crippen LogP) is 3.20. The van der Waals surface area contributed by atoms with Crippen molar-refractivity contribution in [2.75, 3.05) is 31.5 Å². The summed E-state index contributed by atoms with van der Waals surface area (Å²) in [5.41, 5.74) is 0.104. The summed E-state index contributed by atoms with van der Waals surface area (Å²) >= 11 is 0. The van der Waals surface area contributed by atoms with Crippen LogP contribution in [0, 0.1) is 11.3 Å². The number of aromatic nitrogens is 1. The molecule has 2 saturated heterocycles. The van der Waals surface area contributed by atoms with Gasteiger partial charge in [0.1, 0.15) is 17.9 Å². The lowest BCUT2D eigenvalue weighted by Gasteiger charge is -2.23. The van der Waals surface area contributed by atoms with Crippen LogP contribution in [-0.4, -0.2) is 65.1 Å². The molecule has 2 aliphatic rings. The second-order valence-corrected chi connectivity index (χ2v) is 7.99. The molecule has 0 unspecified atom stereocenters. The van der Waals surface area contributed by atoms with E-state index in [1.807, 2.05) is 11.0 Å². The molecule has 3 heterocycles. The van der Waals surface area contributed by atoms with E-state index in [-0.39, 0.29) is 37.0 Å². The van der Waals surface area contributed by atoms with Crippen LogP contribution in [0.1, 0.15) is 18.5 Å². The molecule has 0 radical (unpaired) electrons. The zero-order chi connectivity index (χ0) is 22.2. The topological polar surface area (TPSA) is 72.3 Å². The second kappa shape index (κ2) is 8.30. The van der Waals surface area contributed by atoms with Gasteiger partial charge in [-0.05, 0) is 30.7 Å². The van der Waals surface area contributed by atoms with E-state index in [0.29, 0.717) is 18.5 Å². The van der Waals surface area contributed by atoms with Gasteiger partial charge in [0, 0.05) is 36.6 Å². The highest BCUT2D eigenvalue weighted by Crippen LogP contribution is 2.30. The van der Waals surface area contributed by atoms with Crippen LogP contribution in [0.4, 0.5) is 23.2 Å². The van der Waals surface area contributed by atoms with E-state index in [1.54, 1.807) is 18.2 Å². The minimum absolute atomic E-state index is 0.0340. The number of nitrogens with one attached hydrogen (secondary N) is 1. The number of hydrogen-bond donors (Lipinski definition) is 1. The summed E-state index contributed by atoms with van der Waals surface area (Å²) in [5, 5.41) is 13.1. The molecule has 6 nitrogen and oxygen atoms in total. The molecule has 0 spiro atoms. The van der Waals surface area contributed by atoms with Crippen molar-refractivity contribution in [2.24, 2.45) is 0 Å². The normalized spacial score (nSPS) is 24.5. The summed E-state index contributed by atoms with van der Waals surface area (Å²) in [6, 6.07) is 8.69. The number of nitriles is 1. The number of carbonyl (C=O) groups is 1. The third-order valence-corrected chi connectivity index (χ3v) is 5.70. The maximum absolute atomic E-state index is 13.6. The van der Waals surface area contributed by atoms with Crippen molar-refractivity contribution < 1.29 is 22.4 Å². The fraction of sp³-hybridized carbons (Fsp3) is 0.476. The van der Waals surface area contributed by atoms with Crippen LogP contribution in [0.25, 0.3) is 10.9 Å². The molecule has 2 aliphatic heterocycles. The van der Waals surface area contributed by atoms with Gasteiger partial charge in [0.25, 0.3) is 0 Å². The van der Waals surface area contributed by atoms with Gasteiger partial charge in [-0.25, -0.2) is 9.37 Å². The van der Waals surface area contributed by atoms with Gasteiger partial charge in [0.2, 0.25) is 5.91 Å². The maximum Gasteiger partial charge on any atom is 0.433 e. The number of nitrogens with zero attached hydrogens (tertiary/aromatic N) is 4. The number of fused-ring (bicyclic) bond motifs is 1. The SMILES string of the molecule is N#C[C@@H]1C[C@H](F)CN1C(=O)CN1CC[C@@H](Nc2ccc3nc(C(F)(F)F)ccc3c2)C1. The molecule has 0 aliphatic carbocycles. The number of amides is 1. The number of alkyl halides is 4. The summed E-state index contributed by atoms with van der Waals surface area (Å²) in [6.07, 6.45) is -4.79. The Morgan fingerprint density at radius 2 is 2.06 bits per heavy atom. The van der Waals surface area contributed by atoms with E-state index in [0.717, 1.165) is 18.2 Å². The lowest BCUT2D eigenvalue weighted by molar-refractivity contribution is -0.141. The Bertz CT molecular complexity index is 1020. The fourth-order valence-electron chi connectivity index (χ4n) is 4.17. The summed E-state index contributed by atoms with van der Waals surface area (Å²) in [5.74, 6) is -0.246. The van der Waals surface area contributed by atoms with Crippen molar-refractivity contribution in [2.45, 2.75) is 37.3 Å². The average molecular weight is 435 g/mol. The lowest BCUT2D eigenvalue weighted by Crippen LogP contribution is -2.42. The van der Waals surface area contributed by atoms with E-state index >= 15 is 0 Å². The number of carbonyl (C=O) groups excluding carboxylic acids is 1. The summed E-state index contributed by atoms with van der Waals surface area (Å²) < 4.78 is 52.0. The quantitative estimate of drug-likeness (QED) is 0.747. The van der Waals surface area contributed by atoms with E-state index in [4.69, 9.17) is 5.26 Å². The molecular weight excluding hydrogens is 414 g/mol. The first-order valence-electron chi connectivity index (χ1n) is 10.0. The standard InChI is InChI=1S/C21H21F4N5O/c22-14-8-17(9-26)30(10-14)20(31)12-29-6-5-16(11-29)27-15-2-3-18-13(7-15)1-4-19(28-18)21(23,24)25/h1-4,7,14,16-17,27H,5-6,8,10-12H2/t14-,16+,17-/m0/s1. The number of rotatable bonds is 4. The van der Waals surface area contributed by atoms with Crippen LogP contribution in [0.3, 0.4) is 0 Å². The summed E-state index contributed by atoms with van der Waals surface area (Å²) in [4.78, 5) is 19.4. The van der Waals surface area contributed by atoms with Crippen molar-refractivity contribution >= 4 is 22.5 Å². The first-order valence-corrected chi connectivity index (χ1v) is 10.0. The monoisotopic (exact) mass is 435 g/mol. The third-order valence-electron chi connectivity index (χ3n) is 5.70. The van der Waals surface area contributed by atoms with Crippen molar-refractivity contribution in [1.82, 2.24) is 14.8 Å². The van der Waals surface area contributed by atoms with Crippen molar-refractivity contribution in [3.63, 3.8) is 0 Å². The van der Waals surface area contributed by atoms with Crippen LogP contribution in [0.15, 0.2) is 30.3 Å². The van der Waals surface area contributed by atoms with Gasteiger partial charge < -0.3 is 10.2 Å².